The van der Waals surface area contributed by atoms with Crippen LogP contribution in [-0.2, 0) is 17.2 Å². The minimum absolute atomic E-state index is 0.569. The Balaban J connectivity index is 2.11. The van der Waals surface area contributed by atoms with E-state index in [1.54, 1.807) is 0 Å². The summed E-state index contributed by atoms with van der Waals surface area (Å²) in [7, 11) is 0. The Kier molecular flexibility index (Phi) is 4.17. The Morgan fingerprint density at radius 3 is 2.59 bits per heavy atom. The molecule has 0 unspecified atom stereocenters. The lowest BCUT2D eigenvalue weighted by Crippen LogP contribution is -1.85. The predicted octanol–water partition coefficient (Wildman–Crippen LogP) is 3.09. The topological polar surface area (TPSA) is 48.2 Å². The number of hydrogen-bond donors (Lipinski definition) is 0. The first-order chi connectivity index (χ1) is 8.33. The van der Waals surface area contributed by atoms with Gasteiger partial charge in [-0.2, -0.15) is 0 Å². The molecule has 0 aliphatic heterocycles. The van der Waals surface area contributed by atoms with Gasteiger partial charge in [0.15, 0.2) is 0 Å². The largest absolute Gasteiger partial charge is 0.421 e. The summed E-state index contributed by atoms with van der Waals surface area (Å²) in [5, 5.41) is 7.94. The van der Waals surface area contributed by atoms with Gasteiger partial charge in [0, 0.05) is 18.2 Å². The molecular weight excluding hydrogens is 236 g/mol. The number of nitrogens with zero attached hydrogens (tertiary/aromatic N) is 2. The second-order valence-corrected chi connectivity index (χ2v) is 4.05. The lowest BCUT2D eigenvalue weighted by Gasteiger charge is -2.00. The van der Waals surface area contributed by atoms with Gasteiger partial charge in [-0.15, -0.1) is 10.2 Å². The molecule has 0 aliphatic carbocycles. The van der Waals surface area contributed by atoms with Gasteiger partial charge in [0.25, 0.3) is 0 Å². The molecule has 0 spiro atoms. The first kappa shape index (κ1) is 12.1. The highest BCUT2D eigenvalue weighted by Gasteiger charge is 2.06. The Labute approximate surface area is 105 Å². The quantitative estimate of drug-likeness (QED) is 0.763. The van der Waals surface area contributed by atoms with Gasteiger partial charge in [-0.25, -0.2) is 0 Å². The molecule has 0 N–H and O–H groups in total. The van der Waals surface area contributed by atoms with Crippen molar-refractivity contribution in [2.45, 2.75) is 20.0 Å². The van der Waals surface area contributed by atoms with Gasteiger partial charge >= 0.3 is 0 Å². The Bertz CT molecular complexity index is 468. The van der Waals surface area contributed by atoms with E-state index in [2.05, 4.69) is 10.2 Å². The van der Waals surface area contributed by atoms with E-state index in [1.165, 1.54) is 12.0 Å². The Morgan fingerprint density at radius 2 is 2.00 bits per heavy atom. The van der Waals surface area contributed by atoms with Crippen LogP contribution in [-0.4, -0.2) is 16.5 Å². The molecule has 0 atom stereocenters. The number of benzene rings is 1. The van der Waals surface area contributed by atoms with Crippen LogP contribution in [0.3, 0.4) is 0 Å². The molecule has 0 aliphatic rings. The zero-order valence-corrected chi connectivity index (χ0v) is 10.7. The molecule has 0 radical (unpaired) electrons. The second-order valence-electron chi connectivity index (χ2n) is 3.48. The highest BCUT2D eigenvalue weighted by Crippen LogP contribution is 2.19. The minimum Gasteiger partial charge on any atom is -0.421 e. The standard InChI is InChI=1S/C12H14N2O2S/c1-3-11-13-14-12(16-11)10-6-4-9(5-7-10)8-15-17-2/h4-7H,3,8H2,1-2H3. The van der Waals surface area contributed by atoms with E-state index < -0.39 is 0 Å². The number of aryl methyl sites for hydroxylation is 1. The monoisotopic (exact) mass is 250 g/mol. The van der Waals surface area contributed by atoms with Crippen LogP contribution in [0.1, 0.15) is 18.4 Å². The third kappa shape index (κ3) is 3.08. The van der Waals surface area contributed by atoms with Crippen molar-refractivity contribution in [3.05, 3.63) is 35.7 Å². The zero-order chi connectivity index (χ0) is 12.1. The second kappa shape index (κ2) is 5.84. The summed E-state index contributed by atoms with van der Waals surface area (Å²) >= 11 is 1.36. The molecule has 2 aromatic rings. The maximum Gasteiger partial charge on any atom is 0.247 e. The molecule has 1 aromatic carbocycles. The summed E-state index contributed by atoms with van der Waals surface area (Å²) in [5.41, 5.74) is 2.06. The molecule has 0 fully saturated rings. The number of rotatable bonds is 5. The van der Waals surface area contributed by atoms with Gasteiger partial charge in [0.05, 0.1) is 6.61 Å². The van der Waals surface area contributed by atoms with Gasteiger partial charge in [-0.1, -0.05) is 19.1 Å². The average Bonchev–Trinajstić information content (AvgIpc) is 2.86. The zero-order valence-electron chi connectivity index (χ0n) is 9.84. The molecule has 0 bridgehead atoms. The molecule has 1 aromatic heterocycles. The predicted molar refractivity (Wildman–Crippen MR) is 67.4 cm³/mol. The normalized spacial score (nSPS) is 10.7. The van der Waals surface area contributed by atoms with Crippen LogP contribution in [0, 0.1) is 0 Å². The van der Waals surface area contributed by atoms with Crippen molar-refractivity contribution in [2.24, 2.45) is 0 Å². The van der Waals surface area contributed by atoms with E-state index in [4.69, 9.17) is 8.60 Å². The molecular formula is C12H14N2O2S. The van der Waals surface area contributed by atoms with E-state index in [0.29, 0.717) is 18.4 Å². The van der Waals surface area contributed by atoms with Gasteiger partial charge in [0.1, 0.15) is 0 Å². The first-order valence-electron chi connectivity index (χ1n) is 5.40. The van der Waals surface area contributed by atoms with E-state index >= 15 is 0 Å². The summed E-state index contributed by atoms with van der Waals surface area (Å²) in [5.74, 6) is 1.23. The van der Waals surface area contributed by atoms with Crippen LogP contribution in [0.5, 0.6) is 0 Å². The fourth-order valence-corrected chi connectivity index (χ4v) is 1.64. The SMILES string of the molecule is CCc1nnc(-c2ccc(COSC)cc2)o1. The summed E-state index contributed by atoms with van der Waals surface area (Å²) in [6, 6.07) is 7.93. The highest BCUT2D eigenvalue weighted by atomic mass is 32.2. The highest BCUT2D eigenvalue weighted by molar-refractivity contribution is 7.93. The van der Waals surface area contributed by atoms with E-state index in [-0.39, 0.29) is 0 Å². The van der Waals surface area contributed by atoms with Crippen molar-refractivity contribution in [2.75, 3.05) is 6.26 Å². The molecule has 90 valence electrons. The van der Waals surface area contributed by atoms with Gasteiger partial charge in [-0.05, 0) is 29.7 Å². The smallest absolute Gasteiger partial charge is 0.247 e. The first-order valence-corrected chi connectivity index (χ1v) is 6.55. The number of aromatic nitrogens is 2. The van der Waals surface area contributed by atoms with Crippen molar-refractivity contribution >= 4 is 12.0 Å². The third-order valence-corrected chi connectivity index (χ3v) is 2.67. The van der Waals surface area contributed by atoms with Crippen molar-refractivity contribution in [3.63, 3.8) is 0 Å². The Hall–Kier alpha value is -1.33. The molecule has 2 rings (SSSR count). The van der Waals surface area contributed by atoms with E-state index in [1.807, 2.05) is 37.4 Å². The van der Waals surface area contributed by atoms with E-state index in [9.17, 15) is 0 Å². The summed E-state index contributed by atoms with van der Waals surface area (Å²) < 4.78 is 10.7. The molecule has 5 heteroatoms. The molecule has 0 saturated carbocycles. The number of hydrogen-bond acceptors (Lipinski definition) is 5. The van der Waals surface area contributed by atoms with Crippen molar-refractivity contribution < 1.29 is 8.60 Å². The molecule has 17 heavy (non-hydrogen) atoms. The van der Waals surface area contributed by atoms with Crippen LogP contribution in [0.25, 0.3) is 11.5 Å². The Morgan fingerprint density at radius 1 is 1.24 bits per heavy atom. The summed E-state index contributed by atoms with van der Waals surface area (Å²) in [6.45, 7) is 2.59. The third-order valence-electron chi connectivity index (χ3n) is 2.31. The van der Waals surface area contributed by atoms with Crippen molar-refractivity contribution in [1.82, 2.24) is 10.2 Å². The van der Waals surface area contributed by atoms with Crippen molar-refractivity contribution in [1.29, 1.82) is 0 Å². The molecule has 0 amide bonds. The van der Waals surface area contributed by atoms with E-state index in [0.717, 1.165) is 17.5 Å². The van der Waals surface area contributed by atoms with Crippen LogP contribution in [0.2, 0.25) is 0 Å². The van der Waals surface area contributed by atoms with Crippen LogP contribution >= 0.6 is 12.0 Å². The minimum atomic E-state index is 0.569. The van der Waals surface area contributed by atoms with Crippen LogP contribution < -0.4 is 0 Å². The van der Waals surface area contributed by atoms with Gasteiger partial charge < -0.3 is 8.60 Å². The fraction of sp³-hybridized carbons (Fsp3) is 0.333. The molecule has 4 nitrogen and oxygen atoms in total. The molecule has 1 heterocycles. The van der Waals surface area contributed by atoms with Crippen LogP contribution in [0.15, 0.2) is 28.7 Å². The van der Waals surface area contributed by atoms with Gasteiger partial charge in [0.2, 0.25) is 11.8 Å². The van der Waals surface area contributed by atoms with Crippen LogP contribution in [0.4, 0.5) is 0 Å². The summed E-state index contributed by atoms with van der Waals surface area (Å²) in [6.07, 6.45) is 2.66. The average molecular weight is 250 g/mol. The van der Waals surface area contributed by atoms with Gasteiger partial charge in [-0.3, -0.25) is 0 Å². The van der Waals surface area contributed by atoms with Crippen molar-refractivity contribution in [3.8, 4) is 11.5 Å². The lowest BCUT2D eigenvalue weighted by atomic mass is 10.1. The lowest BCUT2D eigenvalue weighted by molar-refractivity contribution is 0.366. The maximum atomic E-state index is 5.48. The maximum absolute atomic E-state index is 5.48. The molecule has 0 saturated heterocycles. The summed E-state index contributed by atoms with van der Waals surface area (Å²) in [4.78, 5) is 0. The fourth-order valence-electron chi connectivity index (χ4n) is 1.38.